The first-order valence-corrected chi connectivity index (χ1v) is 6.25. The van der Waals surface area contributed by atoms with Gasteiger partial charge >= 0.3 is 0 Å². The van der Waals surface area contributed by atoms with E-state index in [0.29, 0.717) is 18.2 Å². The van der Waals surface area contributed by atoms with Crippen molar-refractivity contribution in [3.63, 3.8) is 0 Å². The fourth-order valence-corrected chi connectivity index (χ4v) is 2.72. The first-order chi connectivity index (χ1) is 7.72. The van der Waals surface area contributed by atoms with E-state index in [0.717, 1.165) is 11.1 Å². The van der Waals surface area contributed by atoms with Crippen molar-refractivity contribution in [1.29, 1.82) is 0 Å². The highest BCUT2D eigenvalue weighted by Gasteiger charge is 2.19. The average molecular weight is 219 g/mol. The normalized spacial score (nSPS) is 17.6. The number of phenolic OH excluding ortho intramolecular Hbond substituents is 1. The molecule has 1 aliphatic carbocycles. The molecule has 2 nitrogen and oxygen atoms in total. The van der Waals surface area contributed by atoms with Crippen LogP contribution in [0.2, 0.25) is 0 Å². The fourth-order valence-electron chi connectivity index (χ4n) is 2.72. The summed E-state index contributed by atoms with van der Waals surface area (Å²) in [6.45, 7) is 2.58. The molecule has 1 saturated carbocycles. The Morgan fingerprint density at radius 2 is 1.94 bits per heavy atom. The van der Waals surface area contributed by atoms with Gasteiger partial charge in [-0.1, -0.05) is 25.3 Å². The van der Waals surface area contributed by atoms with Gasteiger partial charge in [0.2, 0.25) is 0 Å². The Bertz CT molecular complexity index is 367. The van der Waals surface area contributed by atoms with Gasteiger partial charge in [-0.25, -0.2) is 0 Å². The Balaban J connectivity index is 2.29. The van der Waals surface area contributed by atoms with Crippen LogP contribution in [0.1, 0.15) is 54.7 Å². The molecule has 2 rings (SSSR count). The van der Waals surface area contributed by atoms with Crippen LogP contribution in [0.4, 0.5) is 0 Å². The average Bonchev–Trinajstić information content (AvgIpc) is 2.32. The van der Waals surface area contributed by atoms with Gasteiger partial charge in [-0.15, -0.1) is 0 Å². The number of aromatic hydroxyl groups is 1. The van der Waals surface area contributed by atoms with E-state index < -0.39 is 0 Å². The lowest BCUT2D eigenvalue weighted by atomic mass is 9.82. The molecule has 0 atom stereocenters. The first-order valence-electron chi connectivity index (χ1n) is 6.25. The van der Waals surface area contributed by atoms with Gasteiger partial charge in [0.05, 0.1) is 0 Å². The summed E-state index contributed by atoms with van der Waals surface area (Å²) in [6.07, 6.45) is 6.37. The summed E-state index contributed by atoms with van der Waals surface area (Å²) >= 11 is 0. The molecule has 88 valence electrons. The van der Waals surface area contributed by atoms with Crippen LogP contribution in [0.3, 0.4) is 0 Å². The van der Waals surface area contributed by atoms with Gasteiger partial charge in [-0.05, 0) is 48.4 Å². The molecular weight excluding hydrogens is 198 g/mol. The summed E-state index contributed by atoms with van der Waals surface area (Å²) in [5.41, 5.74) is 9.03. The molecule has 0 bridgehead atoms. The summed E-state index contributed by atoms with van der Waals surface area (Å²) in [6, 6.07) is 3.98. The summed E-state index contributed by atoms with van der Waals surface area (Å²) in [5.74, 6) is 0.997. The SMILES string of the molecule is Cc1cc(C2CCCCC2)c(O)cc1CN. The van der Waals surface area contributed by atoms with E-state index in [2.05, 4.69) is 13.0 Å². The molecule has 0 aliphatic heterocycles. The van der Waals surface area contributed by atoms with Crippen LogP contribution < -0.4 is 5.73 Å². The zero-order valence-corrected chi connectivity index (χ0v) is 10.00. The predicted octanol–water partition coefficient (Wildman–Crippen LogP) is 3.21. The van der Waals surface area contributed by atoms with E-state index in [4.69, 9.17) is 5.73 Å². The van der Waals surface area contributed by atoms with E-state index in [1.165, 1.54) is 37.7 Å². The van der Waals surface area contributed by atoms with E-state index in [-0.39, 0.29) is 0 Å². The molecule has 0 radical (unpaired) electrons. The molecule has 1 fully saturated rings. The molecule has 1 aromatic rings. The number of nitrogens with two attached hydrogens (primary N) is 1. The second kappa shape index (κ2) is 4.88. The van der Waals surface area contributed by atoms with Gasteiger partial charge in [-0.3, -0.25) is 0 Å². The number of phenols is 1. The number of hydrogen-bond acceptors (Lipinski definition) is 2. The summed E-state index contributed by atoms with van der Waals surface area (Å²) in [7, 11) is 0. The molecule has 2 heteroatoms. The van der Waals surface area contributed by atoms with Crippen LogP contribution in [0.15, 0.2) is 12.1 Å². The van der Waals surface area contributed by atoms with Crippen LogP contribution in [0, 0.1) is 6.92 Å². The number of aryl methyl sites for hydroxylation is 1. The Hall–Kier alpha value is -1.02. The van der Waals surface area contributed by atoms with Crippen molar-refractivity contribution in [1.82, 2.24) is 0 Å². The minimum Gasteiger partial charge on any atom is -0.508 e. The molecule has 0 saturated heterocycles. The minimum atomic E-state index is 0.443. The van der Waals surface area contributed by atoms with Crippen molar-refractivity contribution < 1.29 is 5.11 Å². The molecule has 1 aliphatic rings. The van der Waals surface area contributed by atoms with Crippen molar-refractivity contribution in [3.05, 3.63) is 28.8 Å². The summed E-state index contributed by atoms with van der Waals surface area (Å²) in [5, 5.41) is 10.0. The number of hydrogen-bond donors (Lipinski definition) is 2. The smallest absolute Gasteiger partial charge is 0.119 e. The third-order valence-corrected chi connectivity index (χ3v) is 3.75. The lowest BCUT2D eigenvalue weighted by Crippen LogP contribution is -2.07. The molecule has 16 heavy (non-hydrogen) atoms. The Morgan fingerprint density at radius 3 is 2.56 bits per heavy atom. The predicted molar refractivity (Wildman–Crippen MR) is 66.6 cm³/mol. The van der Waals surface area contributed by atoms with Crippen LogP contribution in [0.5, 0.6) is 5.75 Å². The molecule has 3 N–H and O–H groups in total. The summed E-state index contributed by atoms with van der Waals surface area (Å²) in [4.78, 5) is 0. The second-order valence-electron chi connectivity index (χ2n) is 4.88. The second-order valence-corrected chi connectivity index (χ2v) is 4.88. The van der Waals surface area contributed by atoms with Crippen LogP contribution in [-0.2, 0) is 6.54 Å². The van der Waals surface area contributed by atoms with Crippen LogP contribution in [0.25, 0.3) is 0 Å². The molecule has 0 heterocycles. The van der Waals surface area contributed by atoms with Crippen molar-refractivity contribution in [2.75, 3.05) is 0 Å². The standard InChI is InChI=1S/C14H21NO/c1-10-7-13(11-5-3-2-4-6-11)14(16)8-12(10)9-15/h7-8,11,16H,2-6,9,15H2,1H3. The lowest BCUT2D eigenvalue weighted by molar-refractivity contribution is 0.413. The minimum absolute atomic E-state index is 0.443. The van der Waals surface area contributed by atoms with E-state index >= 15 is 0 Å². The van der Waals surface area contributed by atoms with Gasteiger partial charge in [-0.2, -0.15) is 0 Å². The topological polar surface area (TPSA) is 46.2 Å². The molecule has 0 aromatic heterocycles. The van der Waals surface area contributed by atoms with Gasteiger partial charge < -0.3 is 10.8 Å². The molecule has 1 aromatic carbocycles. The fraction of sp³-hybridized carbons (Fsp3) is 0.571. The lowest BCUT2D eigenvalue weighted by Gasteiger charge is -2.23. The highest BCUT2D eigenvalue weighted by atomic mass is 16.3. The maximum Gasteiger partial charge on any atom is 0.119 e. The molecule has 0 unspecified atom stereocenters. The van der Waals surface area contributed by atoms with Gasteiger partial charge in [0.1, 0.15) is 5.75 Å². The first kappa shape index (κ1) is 11.5. The highest BCUT2D eigenvalue weighted by molar-refractivity contribution is 5.43. The molecular formula is C14H21NO. The van der Waals surface area contributed by atoms with Crippen LogP contribution in [-0.4, -0.2) is 5.11 Å². The largest absolute Gasteiger partial charge is 0.508 e. The van der Waals surface area contributed by atoms with Gasteiger partial charge in [0, 0.05) is 6.54 Å². The third-order valence-electron chi connectivity index (χ3n) is 3.75. The van der Waals surface area contributed by atoms with Crippen molar-refractivity contribution >= 4 is 0 Å². The Kier molecular flexibility index (Phi) is 3.49. The van der Waals surface area contributed by atoms with E-state index in [1.54, 1.807) is 0 Å². The summed E-state index contributed by atoms with van der Waals surface area (Å²) < 4.78 is 0. The van der Waals surface area contributed by atoms with E-state index in [1.807, 2.05) is 6.07 Å². The van der Waals surface area contributed by atoms with Crippen molar-refractivity contribution in [2.24, 2.45) is 5.73 Å². The van der Waals surface area contributed by atoms with Crippen molar-refractivity contribution in [3.8, 4) is 5.75 Å². The number of benzene rings is 1. The van der Waals surface area contributed by atoms with Gasteiger partial charge in [0.25, 0.3) is 0 Å². The maximum absolute atomic E-state index is 10.0. The number of rotatable bonds is 2. The zero-order chi connectivity index (χ0) is 11.5. The van der Waals surface area contributed by atoms with Crippen molar-refractivity contribution in [2.45, 2.75) is 51.5 Å². The van der Waals surface area contributed by atoms with Gasteiger partial charge in [0.15, 0.2) is 0 Å². The highest BCUT2D eigenvalue weighted by Crippen LogP contribution is 2.38. The quantitative estimate of drug-likeness (QED) is 0.802. The Morgan fingerprint density at radius 1 is 1.25 bits per heavy atom. The van der Waals surface area contributed by atoms with Crippen LogP contribution >= 0.6 is 0 Å². The molecule has 0 spiro atoms. The Labute approximate surface area is 97.5 Å². The third kappa shape index (κ3) is 2.22. The zero-order valence-electron chi connectivity index (χ0n) is 10.00. The molecule has 0 amide bonds. The maximum atomic E-state index is 10.0. The van der Waals surface area contributed by atoms with E-state index in [9.17, 15) is 5.11 Å². The monoisotopic (exact) mass is 219 g/mol.